The van der Waals surface area contributed by atoms with E-state index < -0.39 is 0 Å². The molecule has 0 bridgehead atoms. The molecule has 1 aliphatic heterocycles. The smallest absolute Gasteiger partial charge is 0.126 e. The summed E-state index contributed by atoms with van der Waals surface area (Å²) in [7, 11) is 0. The van der Waals surface area contributed by atoms with Gasteiger partial charge in [0, 0.05) is 12.6 Å². The number of hydrogen-bond donors (Lipinski definition) is 1. The third-order valence-corrected chi connectivity index (χ3v) is 2.46. The van der Waals surface area contributed by atoms with Crippen LogP contribution in [0.5, 0.6) is 5.75 Å². The van der Waals surface area contributed by atoms with Crippen LogP contribution in [0.15, 0.2) is 18.2 Å². The number of ether oxygens (including phenoxy) is 1. The predicted molar refractivity (Wildman–Crippen MR) is 53.0 cm³/mol. The van der Waals surface area contributed by atoms with Gasteiger partial charge < -0.3 is 10.1 Å². The van der Waals surface area contributed by atoms with Crippen LogP contribution in [-0.4, -0.2) is 19.2 Å². The van der Waals surface area contributed by atoms with Crippen LogP contribution in [0, 0.1) is 12.7 Å². The molecule has 2 nitrogen and oxygen atoms in total. The van der Waals surface area contributed by atoms with Crippen molar-refractivity contribution in [3.05, 3.63) is 29.6 Å². The van der Waals surface area contributed by atoms with Crippen molar-refractivity contribution < 1.29 is 9.13 Å². The van der Waals surface area contributed by atoms with Crippen molar-refractivity contribution in [2.75, 3.05) is 13.1 Å². The molecule has 76 valence electrons. The summed E-state index contributed by atoms with van der Waals surface area (Å²) in [4.78, 5) is 0. The highest BCUT2D eigenvalue weighted by molar-refractivity contribution is 5.32. The Hall–Kier alpha value is -1.09. The lowest BCUT2D eigenvalue weighted by Crippen LogP contribution is -2.20. The quantitative estimate of drug-likeness (QED) is 0.778. The van der Waals surface area contributed by atoms with Gasteiger partial charge in [-0.05, 0) is 31.5 Å². The van der Waals surface area contributed by atoms with E-state index in [0.29, 0.717) is 5.75 Å². The van der Waals surface area contributed by atoms with E-state index in [1.54, 1.807) is 6.07 Å². The first-order valence-electron chi connectivity index (χ1n) is 4.89. The SMILES string of the molecule is Cc1ccc(F)cc1O[C@@H]1CCNC1. The Morgan fingerprint density at radius 1 is 1.50 bits per heavy atom. The van der Waals surface area contributed by atoms with Gasteiger partial charge in [-0.3, -0.25) is 0 Å². The van der Waals surface area contributed by atoms with Crippen molar-refractivity contribution in [2.24, 2.45) is 0 Å². The minimum atomic E-state index is -0.239. The molecule has 1 atom stereocenters. The van der Waals surface area contributed by atoms with E-state index in [9.17, 15) is 4.39 Å². The van der Waals surface area contributed by atoms with Gasteiger partial charge in [0.05, 0.1) is 0 Å². The summed E-state index contributed by atoms with van der Waals surface area (Å²) >= 11 is 0. The standard InChI is InChI=1S/C11H14FNO/c1-8-2-3-9(12)6-11(8)14-10-4-5-13-7-10/h2-3,6,10,13H,4-5,7H2,1H3/t10-/m1/s1. The highest BCUT2D eigenvalue weighted by atomic mass is 19.1. The maximum absolute atomic E-state index is 12.9. The van der Waals surface area contributed by atoms with Crippen LogP contribution < -0.4 is 10.1 Å². The average Bonchev–Trinajstić information content (AvgIpc) is 2.64. The normalized spacial score (nSPS) is 21.1. The van der Waals surface area contributed by atoms with E-state index in [4.69, 9.17) is 4.74 Å². The van der Waals surface area contributed by atoms with Gasteiger partial charge in [0.15, 0.2) is 0 Å². The van der Waals surface area contributed by atoms with Crippen LogP contribution in [0.2, 0.25) is 0 Å². The maximum atomic E-state index is 12.9. The molecule has 3 heteroatoms. The largest absolute Gasteiger partial charge is 0.489 e. The summed E-state index contributed by atoms with van der Waals surface area (Å²) in [6.07, 6.45) is 1.19. The van der Waals surface area contributed by atoms with Gasteiger partial charge in [-0.1, -0.05) is 6.07 Å². The van der Waals surface area contributed by atoms with Crippen molar-refractivity contribution in [1.82, 2.24) is 5.32 Å². The monoisotopic (exact) mass is 195 g/mol. The molecule has 0 radical (unpaired) electrons. The molecule has 1 heterocycles. The van der Waals surface area contributed by atoms with Crippen LogP contribution in [0.1, 0.15) is 12.0 Å². The van der Waals surface area contributed by atoms with Crippen molar-refractivity contribution >= 4 is 0 Å². The van der Waals surface area contributed by atoms with Crippen LogP contribution in [0.25, 0.3) is 0 Å². The van der Waals surface area contributed by atoms with Crippen LogP contribution in [0.4, 0.5) is 4.39 Å². The molecule has 0 amide bonds. The molecule has 1 aromatic rings. The second-order valence-electron chi connectivity index (χ2n) is 3.64. The average molecular weight is 195 g/mol. The molecule has 1 aromatic carbocycles. The summed E-state index contributed by atoms with van der Waals surface area (Å²) in [5.74, 6) is 0.426. The summed E-state index contributed by atoms with van der Waals surface area (Å²) < 4.78 is 18.6. The Balaban J connectivity index is 2.10. The van der Waals surface area contributed by atoms with Gasteiger partial charge in [-0.25, -0.2) is 4.39 Å². The van der Waals surface area contributed by atoms with Crippen molar-refractivity contribution in [3.63, 3.8) is 0 Å². The molecular weight excluding hydrogens is 181 g/mol. The number of aryl methyl sites for hydroxylation is 1. The Bertz CT molecular complexity index is 321. The molecule has 2 rings (SSSR count). The van der Waals surface area contributed by atoms with Crippen LogP contribution in [0.3, 0.4) is 0 Å². The van der Waals surface area contributed by atoms with Gasteiger partial charge in [-0.15, -0.1) is 0 Å². The summed E-state index contributed by atoms with van der Waals surface area (Å²) in [5, 5.41) is 3.21. The topological polar surface area (TPSA) is 21.3 Å². The second-order valence-corrected chi connectivity index (χ2v) is 3.64. The van der Waals surface area contributed by atoms with Gasteiger partial charge in [0.2, 0.25) is 0 Å². The Kier molecular flexibility index (Phi) is 2.68. The summed E-state index contributed by atoms with van der Waals surface area (Å²) in [6.45, 7) is 3.77. The molecule has 1 saturated heterocycles. The Morgan fingerprint density at radius 3 is 3.07 bits per heavy atom. The lowest BCUT2D eigenvalue weighted by Gasteiger charge is -2.14. The minimum absolute atomic E-state index is 0.190. The van der Waals surface area contributed by atoms with Gasteiger partial charge >= 0.3 is 0 Å². The third kappa shape index (κ3) is 2.04. The molecule has 1 N–H and O–H groups in total. The number of rotatable bonds is 2. The molecule has 0 aliphatic carbocycles. The van der Waals surface area contributed by atoms with Crippen molar-refractivity contribution in [3.8, 4) is 5.75 Å². The van der Waals surface area contributed by atoms with Crippen LogP contribution >= 0.6 is 0 Å². The molecule has 0 saturated carbocycles. The van der Waals surface area contributed by atoms with E-state index in [1.165, 1.54) is 12.1 Å². The number of nitrogens with one attached hydrogen (secondary N) is 1. The first-order valence-corrected chi connectivity index (χ1v) is 4.89. The first-order chi connectivity index (χ1) is 6.75. The van der Waals surface area contributed by atoms with E-state index in [2.05, 4.69) is 5.32 Å². The number of benzene rings is 1. The number of halogens is 1. The van der Waals surface area contributed by atoms with Crippen molar-refractivity contribution in [1.29, 1.82) is 0 Å². The molecule has 14 heavy (non-hydrogen) atoms. The minimum Gasteiger partial charge on any atom is -0.489 e. The first kappa shape index (κ1) is 9.46. The zero-order chi connectivity index (χ0) is 9.97. The molecule has 0 spiro atoms. The van der Waals surface area contributed by atoms with Gasteiger partial charge in [-0.2, -0.15) is 0 Å². The zero-order valence-corrected chi connectivity index (χ0v) is 8.22. The van der Waals surface area contributed by atoms with E-state index in [0.717, 1.165) is 25.1 Å². The predicted octanol–water partition coefficient (Wildman–Crippen LogP) is 1.87. The zero-order valence-electron chi connectivity index (χ0n) is 8.22. The second kappa shape index (κ2) is 3.96. The van der Waals surface area contributed by atoms with E-state index in [1.807, 2.05) is 6.92 Å². The molecule has 0 unspecified atom stereocenters. The van der Waals surface area contributed by atoms with Gasteiger partial charge in [0.1, 0.15) is 17.7 Å². The number of hydrogen-bond acceptors (Lipinski definition) is 2. The highest BCUT2D eigenvalue weighted by Gasteiger charge is 2.16. The van der Waals surface area contributed by atoms with Gasteiger partial charge in [0.25, 0.3) is 0 Å². The van der Waals surface area contributed by atoms with E-state index >= 15 is 0 Å². The highest BCUT2D eigenvalue weighted by Crippen LogP contribution is 2.21. The third-order valence-electron chi connectivity index (χ3n) is 2.46. The molecule has 0 aromatic heterocycles. The summed E-state index contributed by atoms with van der Waals surface area (Å²) in [6, 6.07) is 4.65. The maximum Gasteiger partial charge on any atom is 0.126 e. The van der Waals surface area contributed by atoms with Crippen molar-refractivity contribution in [2.45, 2.75) is 19.4 Å². The summed E-state index contributed by atoms with van der Waals surface area (Å²) in [5.41, 5.74) is 0.985. The fraction of sp³-hybridized carbons (Fsp3) is 0.455. The molecule has 1 aliphatic rings. The molecular formula is C11H14FNO. The Labute approximate surface area is 83.1 Å². The fourth-order valence-electron chi connectivity index (χ4n) is 1.61. The molecule has 1 fully saturated rings. The lowest BCUT2D eigenvalue weighted by molar-refractivity contribution is 0.220. The Morgan fingerprint density at radius 2 is 2.36 bits per heavy atom. The van der Waals surface area contributed by atoms with E-state index in [-0.39, 0.29) is 11.9 Å². The fourth-order valence-corrected chi connectivity index (χ4v) is 1.61. The van der Waals surface area contributed by atoms with Crippen LogP contribution in [-0.2, 0) is 0 Å². The lowest BCUT2D eigenvalue weighted by atomic mass is 10.2.